The van der Waals surface area contributed by atoms with Gasteiger partial charge in [-0.25, -0.2) is 9.47 Å². The molecule has 0 aliphatic carbocycles. The van der Waals surface area contributed by atoms with Crippen molar-refractivity contribution < 1.29 is 4.74 Å². The molecule has 184 valence electrons. The fourth-order valence-corrected chi connectivity index (χ4v) is 5.33. The fraction of sp³-hybridized carbons (Fsp3) is 0.167. The van der Waals surface area contributed by atoms with E-state index >= 15 is 0 Å². The Morgan fingerprint density at radius 2 is 1.46 bits per heavy atom. The van der Waals surface area contributed by atoms with Crippen LogP contribution in [0.15, 0.2) is 99.6 Å². The molecule has 3 aromatic carbocycles. The Morgan fingerprint density at radius 3 is 2.11 bits per heavy atom. The second-order valence-electron chi connectivity index (χ2n) is 9.28. The van der Waals surface area contributed by atoms with Crippen LogP contribution in [0.4, 0.5) is 0 Å². The average molecular weight is 491 g/mol. The SMILES string of the molecule is COc1ccc(-c2c3c(=O)n(C)c(=O)n(C)c3c3n2N=C(c2ccccc2)C[C@H]3c2ccccc2)cc1. The van der Waals surface area contributed by atoms with E-state index in [4.69, 9.17) is 9.84 Å². The molecular weight excluding hydrogens is 464 g/mol. The molecule has 2 aromatic heterocycles. The van der Waals surface area contributed by atoms with Gasteiger partial charge in [-0.15, -0.1) is 0 Å². The van der Waals surface area contributed by atoms with Crippen molar-refractivity contribution in [3.8, 4) is 17.0 Å². The predicted octanol–water partition coefficient (Wildman–Crippen LogP) is 4.50. The topological polar surface area (TPSA) is 70.5 Å². The maximum Gasteiger partial charge on any atom is 0.331 e. The molecule has 0 spiro atoms. The van der Waals surface area contributed by atoms with E-state index in [1.807, 2.05) is 65.3 Å². The first-order valence-corrected chi connectivity index (χ1v) is 12.2. The molecule has 3 heterocycles. The lowest BCUT2D eigenvalue weighted by atomic mass is 9.87. The van der Waals surface area contributed by atoms with Gasteiger partial charge in [0.2, 0.25) is 0 Å². The van der Waals surface area contributed by atoms with Crippen LogP contribution < -0.4 is 16.0 Å². The number of aryl methyl sites for hydroxylation is 1. The van der Waals surface area contributed by atoms with Gasteiger partial charge in [-0.2, -0.15) is 5.10 Å². The van der Waals surface area contributed by atoms with Gasteiger partial charge >= 0.3 is 5.69 Å². The third-order valence-corrected chi connectivity index (χ3v) is 7.20. The molecule has 0 saturated carbocycles. The van der Waals surface area contributed by atoms with Gasteiger partial charge in [0, 0.05) is 32.0 Å². The van der Waals surface area contributed by atoms with E-state index in [0.717, 1.165) is 33.8 Å². The minimum absolute atomic E-state index is 0.110. The third kappa shape index (κ3) is 3.54. The molecule has 0 amide bonds. The van der Waals surface area contributed by atoms with Crippen LogP contribution in [0, 0.1) is 0 Å². The third-order valence-electron chi connectivity index (χ3n) is 7.20. The van der Waals surface area contributed by atoms with Crippen molar-refractivity contribution in [2.75, 3.05) is 7.11 Å². The number of hydrogen-bond acceptors (Lipinski definition) is 4. The van der Waals surface area contributed by atoms with E-state index in [0.29, 0.717) is 23.0 Å². The van der Waals surface area contributed by atoms with E-state index in [9.17, 15) is 9.59 Å². The Hall–Kier alpha value is -4.65. The Kier molecular flexibility index (Phi) is 5.41. The number of benzene rings is 3. The number of hydrogen-bond donors (Lipinski definition) is 0. The highest BCUT2D eigenvalue weighted by atomic mass is 16.5. The molecule has 1 aliphatic rings. The van der Waals surface area contributed by atoms with E-state index in [-0.39, 0.29) is 17.2 Å². The Labute approximate surface area is 213 Å². The van der Waals surface area contributed by atoms with Crippen LogP contribution in [0.3, 0.4) is 0 Å². The normalized spacial score (nSPS) is 14.9. The van der Waals surface area contributed by atoms with Crippen molar-refractivity contribution >= 4 is 16.6 Å². The number of fused-ring (bicyclic) bond motifs is 3. The zero-order chi connectivity index (χ0) is 25.7. The van der Waals surface area contributed by atoms with Gasteiger partial charge in [0.05, 0.1) is 35.1 Å². The summed E-state index contributed by atoms with van der Waals surface area (Å²) >= 11 is 0. The summed E-state index contributed by atoms with van der Waals surface area (Å²) in [6.45, 7) is 0. The van der Waals surface area contributed by atoms with Crippen LogP contribution >= 0.6 is 0 Å². The lowest BCUT2D eigenvalue weighted by Gasteiger charge is -2.26. The highest BCUT2D eigenvalue weighted by Gasteiger charge is 2.34. The summed E-state index contributed by atoms with van der Waals surface area (Å²) in [7, 11) is 4.86. The van der Waals surface area contributed by atoms with Crippen LogP contribution in [0.25, 0.3) is 22.2 Å². The zero-order valence-corrected chi connectivity index (χ0v) is 20.9. The monoisotopic (exact) mass is 490 g/mol. The highest BCUT2D eigenvalue weighted by molar-refractivity contribution is 6.04. The van der Waals surface area contributed by atoms with Gasteiger partial charge in [-0.05, 0) is 35.4 Å². The Balaban J connectivity index is 1.79. The van der Waals surface area contributed by atoms with Gasteiger partial charge in [-0.1, -0.05) is 60.7 Å². The lowest BCUT2D eigenvalue weighted by molar-refractivity contribution is 0.415. The maximum absolute atomic E-state index is 13.7. The molecule has 0 bridgehead atoms. The van der Waals surface area contributed by atoms with Crippen molar-refractivity contribution in [2.24, 2.45) is 19.2 Å². The number of rotatable bonds is 4. The van der Waals surface area contributed by atoms with Crippen LogP contribution in [0.5, 0.6) is 5.75 Å². The molecule has 6 rings (SSSR count). The Morgan fingerprint density at radius 1 is 0.811 bits per heavy atom. The van der Waals surface area contributed by atoms with Gasteiger partial charge < -0.3 is 4.74 Å². The minimum atomic E-state index is -0.364. The Bertz CT molecular complexity index is 1780. The first-order chi connectivity index (χ1) is 18.0. The average Bonchev–Trinajstić information content (AvgIpc) is 3.30. The smallest absolute Gasteiger partial charge is 0.331 e. The summed E-state index contributed by atoms with van der Waals surface area (Å²) in [6.07, 6.45) is 0.637. The number of methoxy groups -OCH3 is 1. The fourth-order valence-electron chi connectivity index (χ4n) is 5.33. The molecule has 7 nitrogen and oxygen atoms in total. The van der Waals surface area contributed by atoms with E-state index in [2.05, 4.69) is 24.3 Å². The van der Waals surface area contributed by atoms with Gasteiger partial charge in [-0.3, -0.25) is 13.9 Å². The summed E-state index contributed by atoms with van der Waals surface area (Å²) in [5, 5.41) is 5.60. The van der Waals surface area contributed by atoms with Gasteiger partial charge in [0.25, 0.3) is 5.56 Å². The number of nitrogens with zero attached hydrogens (tertiary/aromatic N) is 4. The molecule has 0 radical (unpaired) electrons. The molecular formula is C30H26N4O3. The van der Waals surface area contributed by atoms with E-state index in [1.165, 1.54) is 11.6 Å². The summed E-state index contributed by atoms with van der Waals surface area (Å²) in [6, 6.07) is 27.9. The summed E-state index contributed by atoms with van der Waals surface area (Å²) in [5.74, 6) is 0.607. The molecule has 0 saturated heterocycles. The standard InChI is InChI=1S/C30H26N4O3/c1-32-28-25(29(35)33(2)30(32)36)26(21-14-16-22(37-3)17-15-21)34-27(28)23(19-10-6-4-7-11-19)18-24(31-34)20-12-8-5-9-13-20/h4-17,23H,18H2,1-3H3/t23-/m0/s1. The molecule has 7 heteroatoms. The molecule has 0 fully saturated rings. The van der Waals surface area contributed by atoms with Gasteiger partial charge in [0.1, 0.15) is 5.75 Å². The van der Waals surface area contributed by atoms with Crippen LogP contribution in [-0.4, -0.2) is 26.6 Å². The number of aromatic nitrogens is 3. The molecule has 5 aromatic rings. The van der Waals surface area contributed by atoms with Crippen LogP contribution in [0.1, 0.15) is 29.2 Å². The van der Waals surface area contributed by atoms with E-state index < -0.39 is 0 Å². The summed E-state index contributed by atoms with van der Waals surface area (Å²) in [5.41, 5.74) is 5.27. The van der Waals surface area contributed by atoms with Gasteiger partial charge in [0.15, 0.2) is 0 Å². The minimum Gasteiger partial charge on any atom is -0.497 e. The van der Waals surface area contributed by atoms with Crippen molar-refractivity contribution in [1.82, 2.24) is 13.8 Å². The second kappa shape index (κ2) is 8.78. The zero-order valence-electron chi connectivity index (χ0n) is 20.9. The molecule has 37 heavy (non-hydrogen) atoms. The van der Waals surface area contributed by atoms with E-state index in [1.54, 1.807) is 18.7 Å². The quantitative estimate of drug-likeness (QED) is 0.372. The van der Waals surface area contributed by atoms with Crippen molar-refractivity contribution in [3.63, 3.8) is 0 Å². The first kappa shape index (κ1) is 22.8. The van der Waals surface area contributed by atoms with Crippen LogP contribution in [0.2, 0.25) is 0 Å². The molecule has 1 atom stereocenters. The maximum atomic E-state index is 13.7. The predicted molar refractivity (Wildman–Crippen MR) is 146 cm³/mol. The molecule has 0 unspecified atom stereocenters. The lowest BCUT2D eigenvalue weighted by Crippen LogP contribution is -2.37. The summed E-state index contributed by atoms with van der Waals surface area (Å²) in [4.78, 5) is 26.8. The summed E-state index contributed by atoms with van der Waals surface area (Å²) < 4.78 is 10.00. The second-order valence-corrected chi connectivity index (χ2v) is 9.28. The molecule has 1 aliphatic heterocycles. The van der Waals surface area contributed by atoms with Crippen molar-refractivity contribution in [3.05, 3.63) is 123 Å². The first-order valence-electron chi connectivity index (χ1n) is 12.2. The number of ether oxygens (including phenoxy) is 1. The molecule has 0 N–H and O–H groups in total. The van der Waals surface area contributed by atoms with Crippen LogP contribution in [-0.2, 0) is 14.1 Å². The van der Waals surface area contributed by atoms with Crippen molar-refractivity contribution in [2.45, 2.75) is 12.3 Å². The largest absolute Gasteiger partial charge is 0.497 e. The highest BCUT2D eigenvalue weighted by Crippen LogP contribution is 2.42. The van der Waals surface area contributed by atoms with Crippen molar-refractivity contribution in [1.29, 1.82) is 0 Å².